The quantitative estimate of drug-likeness (QED) is 0.117. The van der Waals surface area contributed by atoms with E-state index in [4.69, 9.17) is 4.74 Å². The molecule has 5 amide bonds. The van der Waals surface area contributed by atoms with Crippen LogP contribution in [0.15, 0.2) is 109 Å². The van der Waals surface area contributed by atoms with Gasteiger partial charge in [0.15, 0.2) is 6.04 Å². The molecule has 0 aromatic heterocycles. The van der Waals surface area contributed by atoms with Crippen LogP contribution in [0.1, 0.15) is 60.5 Å². The second-order valence-corrected chi connectivity index (χ2v) is 13.2. The van der Waals surface area contributed by atoms with Crippen molar-refractivity contribution in [1.29, 1.82) is 0 Å². The summed E-state index contributed by atoms with van der Waals surface area (Å²) in [6.45, 7) is 1.04. The number of aliphatic carboxylic acids is 1. The number of aryl methyl sites for hydroxylation is 1. The van der Waals surface area contributed by atoms with Crippen molar-refractivity contribution >= 4 is 41.3 Å². The van der Waals surface area contributed by atoms with Gasteiger partial charge in [0.1, 0.15) is 23.6 Å². The first kappa shape index (κ1) is 40.4. The van der Waals surface area contributed by atoms with Crippen LogP contribution in [0.2, 0.25) is 0 Å². The number of benzene rings is 4. The lowest BCUT2D eigenvalue weighted by Gasteiger charge is -2.25. The summed E-state index contributed by atoms with van der Waals surface area (Å²) < 4.78 is 6.05. The summed E-state index contributed by atoms with van der Waals surface area (Å²) in [7, 11) is 0. The second-order valence-electron chi connectivity index (χ2n) is 13.2. The Morgan fingerprint density at radius 2 is 1.48 bits per heavy atom. The molecule has 4 bridgehead atoms. The van der Waals surface area contributed by atoms with E-state index in [0.29, 0.717) is 41.0 Å². The molecule has 2 aliphatic heterocycles. The van der Waals surface area contributed by atoms with Crippen molar-refractivity contribution in [2.75, 3.05) is 6.54 Å². The lowest BCUT2D eigenvalue weighted by Crippen LogP contribution is -2.56. The molecule has 0 saturated heterocycles. The average Bonchev–Trinajstić information content (AvgIpc) is 3.20. The number of fused-ring (bicyclic) bond motifs is 10. The maximum Gasteiger partial charge on any atom is 0.330 e. The van der Waals surface area contributed by atoms with Gasteiger partial charge in [0.05, 0.1) is 12.6 Å². The van der Waals surface area contributed by atoms with Gasteiger partial charge in [-0.15, -0.1) is 0 Å². The maximum atomic E-state index is 14.1. The third-order valence-electron chi connectivity index (χ3n) is 9.00. The molecule has 290 valence electrons. The van der Waals surface area contributed by atoms with Gasteiger partial charge >= 0.3 is 5.97 Å². The Hall–Kier alpha value is -6.83. The van der Waals surface area contributed by atoms with Gasteiger partial charge in [-0.3, -0.25) is 28.8 Å². The van der Waals surface area contributed by atoms with E-state index in [2.05, 4.69) is 26.6 Å². The first-order valence-electron chi connectivity index (χ1n) is 18.2. The number of amides is 5. The number of carbonyl (C=O) groups is 7. The van der Waals surface area contributed by atoms with E-state index >= 15 is 0 Å². The van der Waals surface area contributed by atoms with Gasteiger partial charge in [0.25, 0.3) is 5.91 Å². The van der Waals surface area contributed by atoms with Gasteiger partial charge in [-0.05, 0) is 59.4 Å². The molecule has 2 heterocycles. The van der Waals surface area contributed by atoms with Gasteiger partial charge in [0, 0.05) is 12.8 Å². The third kappa shape index (κ3) is 11.3. The summed E-state index contributed by atoms with van der Waals surface area (Å²) in [6.07, 6.45) is 0.844. The molecule has 0 radical (unpaired) electrons. The van der Waals surface area contributed by atoms with Crippen LogP contribution in [-0.2, 0) is 46.4 Å². The molecule has 0 saturated carbocycles. The number of rotatable bonds is 12. The summed E-state index contributed by atoms with van der Waals surface area (Å²) in [4.78, 5) is 92.1. The van der Waals surface area contributed by atoms with Crippen LogP contribution in [-0.4, -0.2) is 65.0 Å². The monoisotopic (exact) mass is 761 g/mol. The second kappa shape index (κ2) is 19.5. The molecule has 0 aliphatic carbocycles. The number of carboxylic acids is 1. The lowest BCUT2D eigenvalue weighted by molar-refractivity contribution is -0.142. The topological polar surface area (TPSA) is 209 Å². The molecular formula is C42H43N5O9. The Labute approximate surface area is 323 Å². The molecule has 4 atom stereocenters. The SMILES string of the molecule is CCCC(NC(=O)[C@@H]1Cc2cccc(c2)Oc2ccc(cc2)CCC(=O)N[C@@H](c2ccccc2)C(=O)N1)C(=O)C(=O)NCC(=O)N[C@H](C(=O)O)c1ccccc1. The molecule has 1 unspecified atom stereocenters. The minimum atomic E-state index is -1.39. The summed E-state index contributed by atoms with van der Waals surface area (Å²) in [5, 5.41) is 22.3. The first-order chi connectivity index (χ1) is 27.0. The zero-order valence-corrected chi connectivity index (χ0v) is 30.7. The molecule has 4 aromatic rings. The Bertz CT molecular complexity index is 2040. The van der Waals surface area contributed by atoms with Gasteiger partial charge in [-0.25, -0.2) is 4.79 Å². The number of hydrogen-bond donors (Lipinski definition) is 6. The normalized spacial score (nSPS) is 16.7. The van der Waals surface area contributed by atoms with Crippen molar-refractivity contribution in [3.05, 3.63) is 131 Å². The average molecular weight is 762 g/mol. The fourth-order valence-corrected chi connectivity index (χ4v) is 6.11. The first-order valence-corrected chi connectivity index (χ1v) is 18.2. The summed E-state index contributed by atoms with van der Waals surface area (Å²) in [5.41, 5.74) is 2.28. The van der Waals surface area contributed by atoms with E-state index in [0.717, 1.165) is 5.56 Å². The van der Waals surface area contributed by atoms with Crippen molar-refractivity contribution in [3.8, 4) is 11.5 Å². The number of Topliss-reactive ketones (excluding diaryl/α,β-unsaturated/α-hetero) is 1. The Balaban J connectivity index is 1.35. The fraction of sp³-hybridized carbons (Fsp3) is 0.262. The van der Waals surface area contributed by atoms with E-state index < -0.39 is 72.0 Å². The molecule has 6 rings (SSSR count). The van der Waals surface area contributed by atoms with Crippen LogP contribution in [0.3, 0.4) is 0 Å². The van der Waals surface area contributed by atoms with E-state index in [1.54, 1.807) is 91.9 Å². The number of nitrogens with one attached hydrogen (secondary N) is 5. The Morgan fingerprint density at radius 3 is 2.16 bits per heavy atom. The lowest BCUT2D eigenvalue weighted by atomic mass is 10.0. The fourth-order valence-electron chi connectivity index (χ4n) is 6.11. The predicted octanol–water partition coefficient (Wildman–Crippen LogP) is 3.22. The van der Waals surface area contributed by atoms with E-state index in [1.807, 2.05) is 12.1 Å². The highest BCUT2D eigenvalue weighted by atomic mass is 16.5. The molecule has 0 spiro atoms. The summed E-state index contributed by atoms with van der Waals surface area (Å²) in [5.74, 6) is -5.21. The van der Waals surface area contributed by atoms with Gasteiger partial charge in [-0.1, -0.05) is 98.3 Å². The molecular weight excluding hydrogens is 718 g/mol. The maximum absolute atomic E-state index is 14.1. The van der Waals surface area contributed by atoms with Crippen molar-refractivity contribution in [2.45, 2.75) is 63.2 Å². The highest BCUT2D eigenvalue weighted by Gasteiger charge is 2.33. The molecule has 14 heteroatoms. The summed E-state index contributed by atoms with van der Waals surface area (Å²) >= 11 is 0. The smallest absolute Gasteiger partial charge is 0.330 e. The molecule has 0 fully saturated rings. The van der Waals surface area contributed by atoms with Gasteiger partial charge < -0.3 is 36.4 Å². The third-order valence-corrected chi connectivity index (χ3v) is 9.00. The van der Waals surface area contributed by atoms with Crippen LogP contribution in [0.25, 0.3) is 0 Å². The minimum Gasteiger partial charge on any atom is -0.479 e. The zero-order valence-electron chi connectivity index (χ0n) is 30.7. The number of hydrogen-bond acceptors (Lipinski definition) is 8. The standard InChI is InChI=1S/C42H43N5O9/c1-2-10-32(38(50)41(53)43-25-35(49)47-37(42(54)55)29-14-7-4-8-15-29)44-39(51)33-24-27-11-9-16-31(23-27)56-30-20-17-26(18-21-30)19-22-34(48)46-36(40(52)45-33)28-12-5-3-6-13-28/h3-9,11-18,20-21,23,32-33,36-37H,2,10,19,22,24-25H2,1H3,(H,43,53)(H,44,51)(H,45,52)(H,46,48)(H,47,49)(H,54,55)/t32?,33-,36-,37-/m0/s1. The molecule has 14 nitrogen and oxygen atoms in total. The largest absolute Gasteiger partial charge is 0.479 e. The Kier molecular flexibility index (Phi) is 14.0. The summed E-state index contributed by atoms with van der Waals surface area (Å²) in [6, 6.07) is 25.6. The molecule has 4 aromatic carbocycles. The number of ether oxygens (including phenoxy) is 1. The number of carboxylic acid groups (broad SMARTS) is 1. The van der Waals surface area contributed by atoms with E-state index in [-0.39, 0.29) is 19.3 Å². The highest BCUT2D eigenvalue weighted by molar-refractivity contribution is 6.38. The molecule has 2 aliphatic rings. The number of ketones is 1. The van der Waals surface area contributed by atoms with Crippen molar-refractivity contribution < 1.29 is 43.4 Å². The van der Waals surface area contributed by atoms with Crippen LogP contribution in [0.4, 0.5) is 0 Å². The van der Waals surface area contributed by atoms with Gasteiger partial charge in [0.2, 0.25) is 29.4 Å². The van der Waals surface area contributed by atoms with Crippen molar-refractivity contribution in [3.63, 3.8) is 0 Å². The molecule has 56 heavy (non-hydrogen) atoms. The van der Waals surface area contributed by atoms with Crippen LogP contribution in [0.5, 0.6) is 11.5 Å². The van der Waals surface area contributed by atoms with Crippen LogP contribution in [0, 0.1) is 0 Å². The van der Waals surface area contributed by atoms with E-state index in [9.17, 15) is 38.7 Å². The van der Waals surface area contributed by atoms with Crippen LogP contribution >= 0.6 is 0 Å². The minimum absolute atomic E-state index is 0.0463. The number of carbonyl (C=O) groups excluding carboxylic acids is 6. The van der Waals surface area contributed by atoms with E-state index in [1.165, 1.54) is 12.1 Å². The van der Waals surface area contributed by atoms with Crippen LogP contribution < -0.4 is 31.3 Å². The van der Waals surface area contributed by atoms with Crippen molar-refractivity contribution in [2.24, 2.45) is 0 Å². The zero-order chi connectivity index (χ0) is 40.0. The predicted molar refractivity (Wildman–Crippen MR) is 204 cm³/mol. The molecule has 6 N–H and O–H groups in total. The van der Waals surface area contributed by atoms with Crippen molar-refractivity contribution in [1.82, 2.24) is 26.6 Å². The Morgan fingerprint density at radius 1 is 0.786 bits per heavy atom. The van der Waals surface area contributed by atoms with Gasteiger partial charge in [-0.2, -0.15) is 0 Å². The highest BCUT2D eigenvalue weighted by Crippen LogP contribution is 2.24.